The van der Waals surface area contributed by atoms with Gasteiger partial charge in [0.2, 0.25) is 0 Å². The summed E-state index contributed by atoms with van der Waals surface area (Å²) >= 11 is 3.90. The van der Waals surface area contributed by atoms with Crippen molar-refractivity contribution in [1.29, 1.82) is 0 Å². The van der Waals surface area contributed by atoms with Crippen molar-refractivity contribution < 1.29 is 4.74 Å². The standard InChI is InChI=1S/2C11H15N.2C10H14N2.C10H12O.2C10H12S.C7H9N.C6H8N2.C5H7N3/c2*1-8-4-5-9(2)11-10(8)6-7-12(11)3;2*1-7-4-5-8(2)10-9(7)6-11-12(10)3;3*1-7-3-4-8(2)10-9(7)5-6-11-10;1-6-3-4-7(2)8-5-6;1-5-3-7-6(2)8-4-5;1-4-3-6-5(2)8-7-4/h2*4-7,10-11H,1-3H3;2*4-6,9-10H,1-3H3;3*3-6,9-10H,1-2H3;3-5H,1-2H3;3-4H,1-2H3;3H,1-2H3. The molecule has 0 bridgehead atoms. The summed E-state index contributed by atoms with van der Waals surface area (Å²) in [6.07, 6.45) is 60.2. The van der Waals surface area contributed by atoms with E-state index in [1.807, 2.05) is 133 Å². The first-order valence-electron chi connectivity index (χ1n) is 37.1. The second kappa shape index (κ2) is 38.6. The van der Waals surface area contributed by atoms with E-state index in [4.69, 9.17) is 4.74 Å². The third-order valence-electron chi connectivity index (χ3n) is 21.3. The fraction of sp³-hybridized carbons (Fsp3) is 0.422. The second-order valence-corrected chi connectivity index (χ2v) is 32.1. The van der Waals surface area contributed by atoms with Gasteiger partial charge in [-0.2, -0.15) is 15.3 Å². The Bertz CT molecular complexity index is 3670. The van der Waals surface area contributed by atoms with E-state index < -0.39 is 0 Å². The highest BCUT2D eigenvalue weighted by molar-refractivity contribution is 8.03. The molecule has 7 aliphatic carbocycles. The smallest absolute Gasteiger partial charge is 0.147 e. The summed E-state index contributed by atoms with van der Waals surface area (Å²) < 4.78 is 5.45. The molecular formula is C90H118N12OS2. The Kier molecular flexibility index (Phi) is 30.1. The lowest BCUT2D eigenvalue weighted by Gasteiger charge is -2.30. The highest BCUT2D eigenvalue weighted by Gasteiger charge is 2.36. The number of hydrazone groups is 2. The number of aromatic nitrogens is 6. The van der Waals surface area contributed by atoms with Gasteiger partial charge in [0.1, 0.15) is 17.8 Å². The molecule has 0 fully saturated rings. The summed E-state index contributed by atoms with van der Waals surface area (Å²) in [4.78, 5) is 20.5. The summed E-state index contributed by atoms with van der Waals surface area (Å²) in [5, 5.41) is 26.1. The van der Waals surface area contributed by atoms with Crippen LogP contribution in [0, 0.1) is 83.0 Å². The molecule has 0 amide bonds. The topological polar surface area (TPSA) is 124 Å². The predicted octanol–water partition coefficient (Wildman–Crippen LogP) is 20.3. The van der Waals surface area contributed by atoms with Gasteiger partial charge in [0, 0.05) is 117 Å². The molecule has 3 aromatic heterocycles. The number of thioether (sulfide) groups is 2. The molecule has 13 nitrogen and oxygen atoms in total. The minimum absolute atomic E-state index is 0.292. The first-order valence-corrected chi connectivity index (χ1v) is 38.9. The molecule has 17 rings (SSSR count). The van der Waals surface area contributed by atoms with Crippen LogP contribution in [0.25, 0.3) is 0 Å². The highest BCUT2D eigenvalue weighted by Crippen LogP contribution is 2.43. The van der Waals surface area contributed by atoms with Crippen LogP contribution in [0.3, 0.4) is 0 Å². The van der Waals surface area contributed by atoms with Crippen molar-refractivity contribution in [3.8, 4) is 0 Å². The third kappa shape index (κ3) is 22.0. The molecule has 10 heterocycles. The number of allylic oxidation sites excluding steroid dienone is 18. The fourth-order valence-corrected chi connectivity index (χ4v) is 17.0. The lowest BCUT2D eigenvalue weighted by molar-refractivity contribution is 0.177. The minimum Gasteiger partial charge on any atom is -0.493 e. The highest BCUT2D eigenvalue weighted by atomic mass is 32.2. The Labute approximate surface area is 639 Å². The van der Waals surface area contributed by atoms with Crippen LogP contribution in [-0.2, 0) is 4.74 Å². The minimum atomic E-state index is 0.292. The number of rotatable bonds is 0. The van der Waals surface area contributed by atoms with Crippen LogP contribution in [-0.4, -0.2) is 131 Å². The molecule has 556 valence electrons. The summed E-state index contributed by atoms with van der Waals surface area (Å²) in [5.74, 6) is 5.70. The van der Waals surface area contributed by atoms with E-state index in [-0.39, 0.29) is 0 Å². The van der Waals surface area contributed by atoms with E-state index >= 15 is 0 Å². The second-order valence-electron chi connectivity index (χ2n) is 30.0. The molecule has 0 saturated heterocycles. The zero-order chi connectivity index (χ0) is 76.3. The Morgan fingerprint density at radius 1 is 0.314 bits per heavy atom. The molecule has 14 unspecified atom stereocenters. The zero-order valence-corrected chi connectivity index (χ0v) is 68.8. The third-order valence-corrected chi connectivity index (χ3v) is 23.9. The summed E-state index contributed by atoms with van der Waals surface area (Å²) in [5.41, 5.74) is 24.6. The molecule has 0 spiro atoms. The summed E-state index contributed by atoms with van der Waals surface area (Å²) in [6.45, 7) is 42.2. The number of fused-ring (bicyclic) bond motifs is 7. The fourth-order valence-electron chi connectivity index (χ4n) is 14.6. The maximum absolute atomic E-state index is 5.45. The Morgan fingerprint density at radius 2 is 0.686 bits per heavy atom. The number of nitrogens with zero attached hydrogens (tertiary/aromatic N) is 12. The molecule has 14 atom stereocenters. The van der Waals surface area contributed by atoms with Gasteiger partial charge in [-0.15, -0.1) is 28.6 Å². The van der Waals surface area contributed by atoms with Gasteiger partial charge in [0.15, 0.2) is 0 Å². The molecule has 0 N–H and O–H groups in total. The maximum Gasteiger partial charge on any atom is 0.147 e. The molecule has 15 heteroatoms. The molecule has 3 aromatic rings. The number of likely N-dealkylation sites (N-methyl/N-ethyl adjacent to an activating group) is 4. The Morgan fingerprint density at radius 3 is 1.04 bits per heavy atom. The van der Waals surface area contributed by atoms with E-state index in [9.17, 15) is 0 Å². The van der Waals surface area contributed by atoms with Crippen LogP contribution in [0.1, 0.15) is 131 Å². The van der Waals surface area contributed by atoms with E-state index in [1.165, 1.54) is 83.6 Å². The summed E-state index contributed by atoms with van der Waals surface area (Å²) in [7, 11) is 8.38. The Hall–Kier alpha value is -8.66. The SMILES string of the molecule is CC1=CC=C(C)C2C1C=CN2C.CC1=CC=C(C)C2C1C=CN2C.CC1=CC=C(C)C2C1C=NN2C.CC1=CC=C(C)C2C1C=NN2C.CC1=CC=C(C)C2OC=CC12.CC1=CC=C(C)C2SC=CC12.CC1=CC=C(C)C2SC=CC12.Cc1ccc(C)nc1.Cc1cnc(C)nc1.Cc1cnc(C)nn1. The van der Waals surface area contributed by atoms with E-state index in [0.717, 1.165) is 28.6 Å². The number of hydrogen-bond donors (Lipinski definition) is 0. The monoisotopic (exact) mass is 1450 g/mol. The molecule has 14 aliphatic rings. The van der Waals surface area contributed by atoms with Crippen LogP contribution in [0.15, 0.2) is 270 Å². The molecule has 0 saturated carbocycles. The summed E-state index contributed by atoms with van der Waals surface area (Å²) in [6, 6.07) is 6.22. The number of pyridine rings is 1. The average Bonchev–Trinajstić information content (AvgIpc) is 1.73. The number of ether oxygens (including phenoxy) is 1. The predicted molar refractivity (Wildman–Crippen MR) is 448 cm³/mol. The van der Waals surface area contributed by atoms with Gasteiger partial charge in [-0.1, -0.05) is 177 Å². The first kappa shape index (κ1) is 82.0. The Balaban J connectivity index is 0.000000148. The van der Waals surface area contributed by atoms with Crippen LogP contribution in [0.4, 0.5) is 0 Å². The van der Waals surface area contributed by atoms with Crippen LogP contribution >= 0.6 is 23.5 Å². The van der Waals surface area contributed by atoms with Crippen molar-refractivity contribution in [3.63, 3.8) is 0 Å². The largest absolute Gasteiger partial charge is 0.493 e. The van der Waals surface area contributed by atoms with Gasteiger partial charge < -0.3 is 14.5 Å². The van der Waals surface area contributed by atoms with E-state index in [2.05, 4.69) is 306 Å². The average molecular weight is 1450 g/mol. The van der Waals surface area contributed by atoms with Gasteiger partial charge >= 0.3 is 0 Å². The normalized spacial score (nSPS) is 28.1. The van der Waals surface area contributed by atoms with Crippen molar-refractivity contribution in [2.45, 2.75) is 179 Å². The quantitative estimate of drug-likeness (QED) is 0.212. The molecule has 105 heavy (non-hydrogen) atoms. The van der Waals surface area contributed by atoms with Crippen molar-refractivity contribution in [1.82, 2.24) is 50.0 Å². The molecular weight excluding hydrogens is 1330 g/mol. The number of hydrogen-bond acceptors (Lipinski definition) is 15. The molecule has 0 radical (unpaired) electrons. The van der Waals surface area contributed by atoms with Crippen molar-refractivity contribution in [2.75, 3.05) is 28.2 Å². The van der Waals surface area contributed by atoms with Crippen LogP contribution in [0.5, 0.6) is 0 Å². The first-order chi connectivity index (χ1) is 50.0. The van der Waals surface area contributed by atoms with E-state index in [0.29, 0.717) is 82.2 Å². The van der Waals surface area contributed by atoms with Gasteiger partial charge in [0.05, 0.1) is 42.3 Å². The molecule has 7 aliphatic heterocycles. The van der Waals surface area contributed by atoms with Crippen LogP contribution < -0.4 is 0 Å². The maximum atomic E-state index is 5.45. The van der Waals surface area contributed by atoms with Gasteiger partial charge in [-0.25, -0.2) is 15.0 Å². The van der Waals surface area contributed by atoms with Crippen molar-refractivity contribution in [3.05, 3.63) is 294 Å². The van der Waals surface area contributed by atoms with Gasteiger partial charge in [-0.3, -0.25) is 15.0 Å². The molecule has 0 aromatic carbocycles. The van der Waals surface area contributed by atoms with E-state index in [1.54, 1.807) is 6.20 Å². The van der Waals surface area contributed by atoms with Gasteiger partial charge in [-0.05, 0) is 202 Å². The lowest BCUT2D eigenvalue weighted by Crippen LogP contribution is -2.32. The van der Waals surface area contributed by atoms with Gasteiger partial charge in [0.25, 0.3) is 0 Å². The van der Waals surface area contributed by atoms with Crippen molar-refractivity contribution >= 4 is 36.0 Å². The lowest BCUT2D eigenvalue weighted by atomic mass is 9.85. The zero-order valence-electron chi connectivity index (χ0n) is 67.1. The van der Waals surface area contributed by atoms with Crippen molar-refractivity contribution in [2.24, 2.45) is 51.6 Å². The van der Waals surface area contributed by atoms with Crippen LogP contribution in [0.2, 0.25) is 0 Å². The number of aryl methyl sites for hydroxylation is 6.